The van der Waals surface area contributed by atoms with Crippen LogP contribution in [0.3, 0.4) is 0 Å². The molecule has 0 saturated heterocycles. The van der Waals surface area contributed by atoms with Gasteiger partial charge >= 0.3 is 6.03 Å². The van der Waals surface area contributed by atoms with Gasteiger partial charge in [-0.3, -0.25) is 0 Å². The number of urea groups is 1. The Bertz CT molecular complexity index is 288. The van der Waals surface area contributed by atoms with Crippen molar-refractivity contribution in [1.29, 1.82) is 0 Å². The molecule has 2 N–H and O–H groups in total. The summed E-state index contributed by atoms with van der Waals surface area (Å²) in [5.41, 5.74) is 5.72. The van der Waals surface area contributed by atoms with Gasteiger partial charge in [0.1, 0.15) is 5.84 Å². The zero-order valence-corrected chi connectivity index (χ0v) is 9.14. The molecule has 1 rings (SSSR count). The van der Waals surface area contributed by atoms with Crippen molar-refractivity contribution in [3.05, 3.63) is 12.7 Å². The summed E-state index contributed by atoms with van der Waals surface area (Å²) in [6.45, 7) is 6.59. The summed E-state index contributed by atoms with van der Waals surface area (Å²) >= 11 is 0. The first kappa shape index (κ1) is 11.7. The number of rotatable bonds is 5. The molecule has 0 aromatic rings. The first-order valence-electron chi connectivity index (χ1n) is 4.86. The first-order chi connectivity index (χ1) is 7.11. The van der Waals surface area contributed by atoms with Crippen LogP contribution in [0.5, 0.6) is 0 Å². The SMILES string of the molecule is C=CCN1C(=O)N=C(N)C1C(C)COC. The monoisotopic (exact) mass is 211 g/mol. The first-order valence-corrected chi connectivity index (χ1v) is 4.86. The van der Waals surface area contributed by atoms with E-state index in [1.165, 1.54) is 0 Å². The number of nitrogens with two attached hydrogens (primary N) is 1. The molecular formula is C10H17N3O2. The molecule has 0 fully saturated rings. The molecule has 0 aromatic carbocycles. The van der Waals surface area contributed by atoms with Crippen LogP contribution < -0.4 is 5.73 Å². The molecule has 1 aliphatic heterocycles. The second-order valence-corrected chi connectivity index (χ2v) is 3.64. The lowest BCUT2D eigenvalue weighted by Gasteiger charge is -2.27. The number of amidine groups is 1. The van der Waals surface area contributed by atoms with E-state index in [0.29, 0.717) is 19.0 Å². The fourth-order valence-corrected chi connectivity index (χ4v) is 1.80. The number of hydrogen-bond donors (Lipinski definition) is 1. The Morgan fingerprint density at radius 1 is 1.80 bits per heavy atom. The molecular weight excluding hydrogens is 194 g/mol. The molecule has 0 spiro atoms. The van der Waals surface area contributed by atoms with E-state index >= 15 is 0 Å². The third-order valence-corrected chi connectivity index (χ3v) is 2.40. The molecule has 2 atom stereocenters. The van der Waals surface area contributed by atoms with Crippen molar-refractivity contribution in [1.82, 2.24) is 4.90 Å². The molecule has 0 aromatic heterocycles. The molecule has 15 heavy (non-hydrogen) atoms. The van der Waals surface area contributed by atoms with Crippen LogP contribution in [0.2, 0.25) is 0 Å². The van der Waals surface area contributed by atoms with Gasteiger partial charge in [0.15, 0.2) is 0 Å². The lowest BCUT2D eigenvalue weighted by Crippen LogP contribution is -2.46. The number of nitrogens with zero attached hydrogens (tertiary/aromatic N) is 2. The van der Waals surface area contributed by atoms with E-state index in [2.05, 4.69) is 11.6 Å². The van der Waals surface area contributed by atoms with E-state index in [0.717, 1.165) is 0 Å². The van der Waals surface area contributed by atoms with Gasteiger partial charge in [-0.2, -0.15) is 4.99 Å². The fraction of sp³-hybridized carbons (Fsp3) is 0.600. The summed E-state index contributed by atoms with van der Waals surface area (Å²) < 4.78 is 5.05. The summed E-state index contributed by atoms with van der Waals surface area (Å²) in [5, 5.41) is 0. The van der Waals surface area contributed by atoms with Gasteiger partial charge in [-0.15, -0.1) is 6.58 Å². The second kappa shape index (κ2) is 4.93. The zero-order chi connectivity index (χ0) is 11.4. The van der Waals surface area contributed by atoms with E-state index in [9.17, 15) is 4.79 Å². The smallest absolute Gasteiger partial charge is 0.346 e. The topological polar surface area (TPSA) is 67.9 Å². The van der Waals surface area contributed by atoms with Gasteiger partial charge in [0.2, 0.25) is 0 Å². The van der Waals surface area contributed by atoms with Crippen LogP contribution in [0.25, 0.3) is 0 Å². The van der Waals surface area contributed by atoms with Gasteiger partial charge in [-0.05, 0) is 0 Å². The molecule has 5 nitrogen and oxygen atoms in total. The second-order valence-electron chi connectivity index (χ2n) is 3.64. The highest BCUT2D eigenvalue weighted by atomic mass is 16.5. The number of methoxy groups -OCH3 is 1. The van der Waals surface area contributed by atoms with E-state index < -0.39 is 0 Å². The van der Waals surface area contributed by atoms with Crippen LogP contribution in [0.4, 0.5) is 4.79 Å². The average molecular weight is 211 g/mol. The summed E-state index contributed by atoms with van der Waals surface area (Å²) in [7, 11) is 1.62. The minimum absolute atomic E-state index is 0.130. The van der Waals surface area contributed by atoms with Crippen molar-refractivity contribution in [2.24, 2.45) is 16.6 Å². The summed E-state index contributed by atoms with van der Waals surface area (Å²) in [4.78, 5) is 16.8. The number of carbonyl (C=O) groups is 1. The van der Waals surface area contributed by atoms with Crippen molar-refractivity contribution >= 4 is 11.9 Å². The quantitative estimate of drug-likeness (QED) is 0.678. The highest BCUT2D eigenvalue weighted by Crippen LogP contribution is 2.18. The van der Waals surface area contributed by atoms with Crippen molar-refractivity contribution in [3.8, 4) is 0 Å². The lowest BCUT2D eigenvalue weighted by molar-refractivity contribution is 0.127. The number of aliphatic imine (C=N–C) groups is 1. The van der Waals surface area contributed by atoms with Crippen LogP contribution in [0, 0.1) is 5.92 Å². The van der Waals surface area contributed by atoms with Gasteiger partial charge < -0.3 is 15.4 Å². The summed E-state index contributed by atoms with van der Waals surface area (Å²) in [6.07, 6.45) is 1.67. The summed E-state index contributed by atoms with van der Waals surface area (Å²) in [6, 6.07) is -0.462. The highest BCUT2D eigenvalue weighted by Gasteiger charge is 2.36. The highest BCUT2D eigenvalue weighted by molar-refractivity contribution is 6.03. The number of amides is 2. The van der Waals surface area contributed by atoms with Crippen molar-refractivity contribution in [2.45, 2.75) is 13.0 Å². The van der Waals surface area contributed by atoms with Crippen LogP contribution >= 0.6 is 0 Å². The molecule has 2 amide bonds. The average Bonchev–Trinajstić information content (AvgIpc) is 2.43. The van der Waals surface area contributed by atoms with Crippen LogP contribution in [-0.4, -0.2) is 43.1 Å². The minimum Gasteiger partial charge on any atom is -0.385 e. The zero-order valence-electron chi connectivity index (χ0n) is 9.14. The van der Waals surface area contributed by atoms with Crippen molar-refractivity contribution in [3.63, 3.8) is 0 Å². The number of carbonyl (C=O) groups excluding carboxylic acids is 1. The maximum atomic E-state index is 11.5. The van der Waals surface area contributed by atoms with Crippen LogP contribution in [0.1, 0.15) is 6.92 Å². The van der Waals surface area contributed by atoms with Gasteiger partial charge in [0, 0.05) is 19.6 Å². The molecule has 1 heterocycles. The predicted octanol–water partition coefficient (Wildman–Crippen LogP) is 0.616. The molecule has 0 saturated carbocycles. The van der Waals surface area contributed by atoms with E-state index in [1.807, 2.05) is 6.92 Å². The minimum atomic E-state index is -0.291. The number of ether oxygens (including phenoxy) is 1. The standard InChI is InChI=1S/C10H17N3O2/c1-4-5-13-8(7(2)6-15-3)9(11)12-10(13)14/h4,7-8H,1,5-6H2,2-3H3,(H2,11,12,14). The Morgan fingerprint density at radius 2 is 2.47 bits per heavy atom. The van der Waals surface area contributed by atoms with Crippen molar-refractivity contribution < 1.29 is 9.53 Å². The van der Waals surface area contributed by atoms with Crippen LogP contribution in [-0.2, 0) is 4.74 Å². The summed E-state index contributed by atoms with van der Waals surface area (Å²) in [5.74, 6) is 0.497. The third-order valence-electron chi connectivity index (χ3n) is 2.40. The molecule has 0 radical (unpaired) electrons. The largest absolute Gasteiger partial charge is 0.385 e. The molecule has 2 unspecified atom stereocenters. The Kier molecular flexibility index (Phi) is 3.85. The molecule has 5 heteroatoms. The van der Waals surface area contributed by atoms with E-state index in [1.54, 1.807) is 18.1 Å². The maximum absolute atomic E-state index is 11.5. The molecule has 0 aliphatic carbocycles. The van der Waals surface area contributed by atoms with Gasteiger partial charge in [0.05, 0.1) is 12.6 Å². The Hall–Kier alpha value is -1.36. The maximum Gasteiger partial charge on any atom is 0.346 e. The Balaban J connectivity index is 2.78. The molecule has 84 valence electrons. The molecule has 1 aliphatic rings. The third kappa shape index (κ3) is 2.36. The van der Waals surface area contributed by atoms with Gasteiger partial charge in [-0.25, -0.2) is 4.79 Å². The van der Waals surface area contributed by atoms with Gasteiger partial charge in [0.25, 0.3) is 0 Å². The van der Waals surface area contributed by atoms with Crippen molar-refractivity contribution in [2.75, 3.05) is 20.3 Å². The van der Waals surface area contributed by atoms with Crippen LogP contribution in [0.15, 0.2) is 17.6 Å². The lowest BCUT2D eigenvalue weighted by atomic mass is 10.0. The number of hydrogen-bond acceptors (Lipinski definition) is 3. The Labute approximate surface area is 89.6 Å². The predicted molar refractivity (Wildman–Crippen MR) is 58.7 cm³/mol. The molecule has 0 bridgehead atoms. The van der Waals surface area contributed by atoms with E-state index in [4.69, 9.17) is 10.5 Å². The Morgan fingerprint density at radius 3 is 3.00 bits per heavy atom. The fourth-order valence-electron chi connectivity index (χ4n) is 1.80. The van der Waals surface area contributed by atoms with Gasteiger partial charge in [-0.1, -0.05) is 13.0 Å². The normalized spacial score (nSPS) is 22.8. The van der Waals surface area contributed by atoms with E-state index in [-0.39, 0.29) is 18.0 Å².